The van der Waals surface area contributed by atoms with E-state index in [1.807, 2.05) is 0 Å². The van der Waals surface area contributed by atoms with Gasteiger partial charge in [-0.2, -0.15) is 0 Å². The van der Waals surface area contributed by atoms with Crippen molar-refractivity contribution >= 4 is 22.5 Å². The zero-order chi connectivity index (χ0) is 19.5. The first-order valence-corrected chi connectivity index (χ1v) is 10.1. The van der Waals surface area contributed by atoms with Gasteiger partial charge in [0.15, 0.2) is 5.82 Å². The number of pyridine rings is 1. The largest absolute Gasteiger partial charge is 0.368 e. The van der Waals surface area contributed by atoms with Crippen LogP contribution in [0.1, 0.15) is 32.1 Å². The molecule has 2 aromatic rings. The molecule has 4 rings (SSSR count). The summed E-state index contributed by atoms with van der Waals surface area (Å²) in [5.41, 5.74) is 0.975. The quantitative estimate of drug-likeness (QED) is 0.875. The van der Waals surface area contributed by atoms with Crippen LogP contribution in [0, 0.1) is 11.6 Å². The topological polar surface area (TPSA) is 48.5 Å². The number of carbonyl (C=O) groups is 1. The summed E-state index contributed by atoms with van der Waals surface area (Å²) in [6.07, 6.45) is 7.40. The van der Waals surface area contributed by atoms with Gasteiger partial charge in [-0.05, 0) is 25.0 Å². The summed E-state index contributed by atoms with van der Waals surface area (Å²) < 4.78 is 27.7. The van der Waals surface area contributed by atoms with E-state index in [9.17, 15) is 13.6 Å². The molecule has 0 atom stereocenters. The Morgan fingerprint density at radius 3 is 2.61 bits per heavy atom. The van der Waals surface area contributed by atoms with E-state index in [-0.39, 0.29) is 11.4 Å². The van der Waals surface area contributed by atoms with Crippen molar-refractivity contribution in [1.29, 1.82) is 0 Å². The second-order valence-electron chi connectivity index (χ2n) is 7.78. The van der Waals surface area contributed by atoms with Gasteiger partial charge in [-0.15, -0.1) is 0 Å². The maximum Gasteiger partial charge on any atom is 0.234 e. The Kier molecular flexibility index (Phi) is 5.71. The molecule has 0 unspecified atom stereocenters. The van der Waals surface area contributed by atoms with Crippen LogP contribution in [0.15, 0.2) is 24.4 Å². The van der Waals surface area contributed by atoms with Crippen molar-refractivity contribution in [3.63, 3.8) is 0 Å². The molecule has 28 heavy (non-hydrogen) atoms. The van der Waals surface area contributed by atoms with Crippen molar-refractivity contribution in [3.05, 3.63) is 36.0 Å². The van der Waals surface area contributed by atoms with Crippen LogP contribution in [0.2, 0.25) is 0 Å². The number of benzene rings is 1. The number of carbonyl (C=O) groups excluding carboxylic acids is 1. The Labute approximate surface area is 163 Å². The first-order valence-electron chi connectivity index (χ1n) is 10.1. The summed E-state index contributed by atoms with van der Waals surface area (Å²) in [5, 5.41) is 3.65. The molecule has 150 valence electrons. The number of hydrogen-bond donors (Lipinski definition) is 1. The van der Waals surface area contributed by atoms with Crippen molar-refractivity contribution in [2.75, 3.05) is 37.6 Å². The van der Waals surface area contributed by atoms with E-state index in [0.717, 1.165) is 37.7 Å². The minimum Gasteiger partial charge on any atom is -0.368 e. The standard InChI is InChI=1S/C21H26F2N4O/c22-15-12-17-19(6-7-24-21(17)18(23)13-15)27-10-8-26(9-11-27)14-20(28)25-16-4-2-1-3-5-16/h6-7,12-13,16H,1-5,8-11,14H2,(H,25,28). The number of amides is 1. The molecule has 0 spiro atoms. The van der Waals surface area contributed by atoms with E-state index in [1.54, 1.807) is 12.3 Å². The van der Waals surface area contributed by atoms with Crippen LogP contribution in [0.5, 0.6) is 0 Å². The lowest BCUT2D eigenvalue weighted by atomic mass is 9.95. The third-order valence-corrected chi connectivity index (χ3v) is 5.79. The molecule has 1 aromatic carbocycles. The molecular formula is C21H26F2N4O. The molecule has 1 aliphatic heterocycles. The maximum atomic E-state index is 14.0. The van der Waals surface area contributed by atoms with E-state index in [2.05, 4.69) is 20.1 Å². The number of nitrogens with zero attached hydrogens (tertiary/aromatic N) is 3. The molecule has 7 heteroatoms. The highest BCUT2D eigenvalue weighted by molar-refractivity contribution is 5.92. The Hall–Kier alpha value is -2.28. The molecule has 2 fully saturated rings. The van der Waals surface area contributed by atoms with Crippen molar-refractivity contribution < 1.29 is 13.6 Å². The highest BCUT2D eigenvalue weighted by atomic mass is 19.1. The highest BCUT2D eigenvalue weighted by Gasteiger charge is 2.23. The molecule has 0 radical (unpaired) electrons. The zero-order valence-electron chi connectivity index (χ0n) is 16.0. The van der Waals surface area contributed by atoms with Gasteiger partial charge in [0.25, 0.3) is 0 Å². The van der Waals surface area contributed by atoms with E-state index < -0.39 is 11.6 Å². The van der Waals surface area contributed by atoms with Gasteiger partial charge in [0, 0.05) is 55.6 Å². The number of nitrogens with one attached hydrogen (secondary N) is 1. The predicted molar refractivity (Wildman–Crippen MR) is 105 cm³/mol. The van der Waals surface area contributed by atoms with Crippen LogP contribution < -0.4 is 10.2 Å². The van der Waals surface area contributed by atoms with Crippen LogP contribution in [-0.2, 0) is 4.79 Å². The Morgan fingerprint density at radius 1 is 1.11 bits per heavy atom. The summed E-state index contributed by atoms with van der Waals surface area (Å²) in [6, 6.07) is 4.33. The van der Waals surface area contributed by atoms with Crippen molar-refractivity contribution in [3.8, 4) is 0 Å². The number of anilines is 1. The molecule has 1 aliphatic carbocycles. The van der Waals surface area contributed by atoms with Gasteiger partial charge in [-0.25, -0.2) is 8.78 Å². The smallest absolute Gasteiger partial charge is 0.234 e. The molecule has 0 bridgehead atoms. The van der Waals surface area contributed by atoms with Crippen molar-refractivity contribution in [2.24, 2.45) is 0 Å². The van der Waals surface area contributed by atoms with Crippen molar-refractivity contribution in [1.82, 2.24) is 15.2 Å². The minimum atomic E-state index is -0.644. The van der Waals surface area contributed by atoms with Crippen molar-refractivity contribution in [2.45, 2.75) is 38.1 Å². The van der Waals surface area contributed by atoms with Crippen LogP contribution >= 0.6 is 0 Å². The fraction of sp³-hybridized carbons (Fsp3) is 0.524. The van der Waals surface area contributed by atoms with Crippen LogP contribution in [0.3, 0.4) is 0 Å². The summed E-state index contributed by atoms with van der Waals surface area (Å²) in [6.45, 7) is 3.28. The Morgan fingerprint density at radius 2 is 1.86 bits per heavy atom. The fourth-order valence-electron chi connectivity index (χ4n) is 4.31. The summed E-state index contributed by atoms with van der Waals surface area (Å²) >= 11 is 0. The normalized spacial score (nSPS) is 19.1. The lowest BCUT2D eigenvalue weighted by Gasteiger charge is -2.36. The van der Waals surface area contributed by atoms with Gasteiger partial charge in [0.05, 0.1) is 6.54 Å². The minimum absolute atomic E-state index is 0.0962. The van der Waals surface area contributed by atoms with Crippen LogP contribution in [0.4, 0.5) is 14.5 Å². The van der Waals surface area contributed by atoms with Gasteiger partial charge in [0.2, 0.25) is 5.91 Å². The molecule has 5 nitrogen and oxygen atoms in total. The third kappa shape index (κ3) is 4.24. The van der Waals surface area contributed by atoms with Crippen LogP contribution in [-0.4, -0.2) is 54.6 Å². The molecule has 2 heterocycles. The maximum absolute atomic E-state index is 14.0. The summed E-state index contributed by atoms with van der Waals surface area (Å²) in [5.74, 6) is -1.15. The molecule has 1 N–H and O–H groups in total. The molecule has 2 aliphatic rings. The monoisotopic (exact) mass is 388 g/mol. The van der Waals surface area contributed by atoms with Gasteiger partial charge < -0.3 is 10.2 Å². The second kappa shape index (κ2) is 8.39. The van der Waals surface area contributed by atoms with Gasteiger partial charge in [-0.1, -0.05) is 19.3 Å². The Bertz CT molecular complexity index is 846. The second-order valence-corrected chi connectivity index (χ2v) is 7.78. The first kappa shape index (κ1) is 19.1. The number of fused-ring (bicyclic) bond motifs is 1. The lowest BCUT2D eigenvalue weighted by molar-refractivity contribution is -0.123. The summed E-state index contributed by atoms with van der Waals surface area (Å²) in [4.78, 5) is 20.6. The molecule has 1 amide bonds. The SMILES string of the molecule is O=C(CN1CCN(c2ccnc3c(F)cc(F)cc23)CC1)NC1CCCCC1. The van der Waals surface area contributed by atoms with E-state index >= 15 is 0 Å². The van der Waals surface area contributed by atoms with E-state index in [0.29, 0.717) is 31.1 Å². The third-order valence-electron chi connectivity index (χ3n) is 5.79. The van der Waals surface area contributed by atoms with Gasteiger partial charge in [0.1, 0.15) is 11.3 Å². The Balaban J connectivity index is 1.37. The fourth-order valence-corrected chi connectivity index (χ4v) is 4.31. The van der Waals surface area contributed by atoms with Crippen LogP contribution in [0.25, 0.3) is 10.9 Å². The van der Waals surface area contributed by atoms with Gasteiger partial charge in [-0.3, -0.25) is 14.7 Å². The molecule has 1 saturated heterocycles. The van der Waals surface area contributed by atoms with E-state index in [1.165, 1.54) is 25.3 Å². The number of rotatable bonds is 4. The predicted octanol–water partition coefficient (Wildman–Crippen LogP) is 3.08. The zero-order valence-corrected chi connectivity index (χ0v) is 16.0. The number of hydrogen-bond acceptors (Lipinski definition) is 4. The lowest BCUT2D eigenvalue weighted by Crippen LogP contribution is -2.50. The molecule has 1 saturated carbocycles. The average molecular weight is 388 g/mol. The molecule has 1 aromatic heterocycles. The molecular weight excluding hydrogens is 362 g/mol. The van der Waals surface area contributed by atoms with Gasteiger partial charge >= 0.3 is 0 Å². The summed E-state index contributed by atoms with van der Waals surface area (Å²) in [7, 11) is 0. The van der Waals surface area contributed by atoms with E-state index in [4.69, 9.17) is 0 Å². The number of piperazine rings is 1. The number of aromatic nitrogens is 1. The number of halogens is 2. The average Bonchev–Trinajstić information content (AvgIpc) is 2.69. The highest BCUT2D eigenvalue weighted by Crippen LogP contribution is 2.28. The first-order chi connectivity index (χ1) is 13.6.